The summed E-state index contributed by atoms with van der Waals surface area (Å²) in [5.41, 5.74) is 4.26. The lowest BCUT2D eigenvalue weighted by Crippen LogP contribution is -2.54. The van der Waals surface area contributed by atoms with E-state index in [2.05, 4.69) is 5.32 Å². The van der Waals surface area contributed by atoms with Crippen LogP contribution in [0.3, 0.4) is 0 Å². The second-order valence-corrected chi connectivity index (χ2v) is 5.20. The predicted octanol–water partition coefficient (Wildman–Crippen LogP) is 2.88. The van der Waals surface area contributed by atoms with Gasteiger partial charge in [0.2, 0.25) is 5.91 Å². The van der Waals surface area contributed by atoms with Crippen molar-refractivity contribution in [3.8, 4) is 0 Å². The average Bonchev–Trinajstić information content (AvgIpc) is 2.40. The van der Waals surface area contributed by atoms with E-state index in [1.54, 1.807) is 0 Å². The molecule has 0 spiro atoms. The molecule has 1 aromatic rings. The zero-order valence-electron chi connectivity index (χ0n) is 12.0. The topological polar surface area (TPSA) is 64.4 Å². The maximum Gasteiger partial charge on any atom is 0.416 e. The van der Waals surface area contributed by atoms with Gasteiger partial charge in [0.05, 0.1) is 5.56 Å². The minimum Gasteiger partial charge on any atom is -0.381 e. The lowest BCUT2D eigenvalue weighted by Gasteiger charge is -2.32. The van der Waals surface area contributed by atoms with Crippen LogP contribution in [0.25, 0.3) is 0 Å². The van der Waals surface area contributed by atoms with Gasteiger partial charge in [0, 0.05) is 18.9 Å². The minimum absolute atomic E-state index is 0. The van der Waals surface area contributed by atoms with E-state index in [1.165, 1.54) is 19.1 Å². The molecule has 2 rings (SSSR count). The number of amides is 1. The molecule has 1 amide bonds. The lowest BCUT2D eigenvalue weighted by molar-refractivity contribution is -0.138. The number of nitrogens with two attached hydrogens (primary N) is 1. The Morgan fingerprint density at radius 3 is 2.45 bits per heavy atom. The molecule has 1 heterocycles. The third-order valence-electron chi connectivity index (χ3n) is 3.72. The van der Waals surface area contributed by atoms with Gasteiger partial charge in [0.15, 0.2) is 0 Å². The zero-order valence-corrected chi connectivity index (χ0v) is 12.8. The van der Waals surface area contributed by atoms with Crippen molar-refractivity contribution in [3.63, 3.8) is 0 Å². The van der Waals surface area contributed by atoms with E-state index in [0.717, 1.165) is 6.07 Å². The first kappa shape index (κ1) is 18.7. The summed E-state index contributed by atoms with van der Waals surface area (Å²) in [5.74, 6) is -0.478. The van der Waals surface area contributed by atoms with Crippen molar-refractivity contribution in [3.05, 3.63) is 29.3 Å². The third kappa shape index (κ3) is 3.91. The Hall–Kier alpha value is -1.31. The SMILES string of the molecule is Cc1c(NC(=O)C2(N)CCOCC2)cccc1C(F)(F)F.Cl. The molecule has 3 N–H and O–H groups in total. The molecule has 0 unspecified atom stereocenters. The molecule has 22 heavy (non-hydrogen) atoms. The lowest BCUT2D eigenvalue weighted by atomic mass is 9.90. The molecular weight excluding hydrogens is 321 g/mol. The molecule has 0 radical (unpaired) electrons. The molecule has 1 saturated heterocycles. The monoisotopic (exact) mass is 338 g/mol. The zero-order chi connectivity index (χ0) is 15.7. The Labute approximate surface area is 132 Å². The van der Waals surface area contributed by atoms with Crippen molar-refractivity contribution in [1.82, 2.24) is 0 Å². The van der Waals surface area contributed by atoms with E-state index in [0.29, 0.717) is 26.1 Å². The van der Waals surface area contributed by atoms with Crippen LogP contribution in [0.15, 0.2) is 18.2 Å². The van der Waals surface area contributed by atoms with Gasteiger partial charge in [-0.3, -0.25) is 4.79 Å². The number of carbonyl (C=O) groups excluding carboxylic acids is 1. The Balaban J connectivity index is 0.00000242. The fourth-order valence-electron chi connectivity index (χ4n) is 2.29. The van der Waals surface area contributed by atoms with Gasteiger partial charge in [-0.1, -0.05) is 6.07 Å². The number of alkyl halides is 3. The van der Waals surface area contributed by atoms with Crippen LogP contribution in [0, 0.1) is 6.92 Å². The first-order chi connectivity index (χ1) is 9.74. The number of rotatable bonds is 2. The van der Waals surface area contributed by atoms with Crippen molar-refractivity contribution in [1.29, 1.82) is 0 Å². The number of benzene rings is 1. The van der Waals surface area contributed by atoms with Crippen LogP contribution in [-0.4, -0.2) is 24.7 Å². The highest BCUT2D eigenvalue weighted by Gasteiger charge is 2.37. The van der Waals surface area contributed by atoms with Crippen LogP contribution in [0.2, 0.25) is 0 Å². The highest BCUT2D eigenvalue weighted by atomic mass is 35.5. The van der Waals surface area contributed by atoms with Crippen molar-refractivity contribution in [2.75, 3.05) is 18.5 Å². The van der Waals surface area contributed by atoms with E-state index >= 15 is 0 Å². The average molecular weight is 339 g/mol. The summed E-state index contributed by atoms with van der Waals surface area (Å²) in [5, 5.41) is 2.51. The highest BCUT2D eigenvalue weighted by molar-refractivity contribution is 5.98. The van der Waals surface area contributed by atoms with Gasteiger partial charge < -0.3 is 15.8 Å². The number of anilines is 1. The van der Waals surface area contributed by atoms with Crippen molar-refractivity contribution in [2.24, 2.45) is 5.73 Å². The molecule has 1 aromatic carbocycles. The summed E-state index contributed by atoms with van der Waals surface area (Å²) in [6.45, 7) is 2.06. The second kappa shape index (κ2) is 6.85. The summed E-state index contributed by atoms with van der Waals surface area (Å²) in [6.07, 6.45) is -3.77. The Bertz CT molecular complexity index is 543. The van der Waals surface area contributed by atoms with E-state index in [4.69, 9.17) is 10.5 Å². The largest absolute Gasteiger partial charge is 0.416 e. The van der Waals surface area contributed by atoms with Gasteiger partial charge in [0.1, 0.15) is 5.54 Å². The van der Waals surface area contributed by atoms with Crippen LogP contribution in [-0.2, 0) is 15.7 Å². The highest BCUT2D eigenvalue weighted by Crippen LogP contribution is 2.34. The molecule has 0 aromatic heterocycles. The summed E-state index contributed by atoms with van der Waals surface area (Å²) in [4.78, 5) is 12.2. The van der Waals surface area contributed by atoms with Crippen molar-refractivity contribution < 1.29 is 22.7 Å². The molecule has 0 bridgehead atoms. The third-order valence-corrected chi connectivity index (χ3v) is 3.72. The predicted molar refractivity (Wildman–Crippen MR) is 79.0 cm³/mol. The Kier molecular flexibility index (Phi) is 5.83. The summed E-state index contributed by atoms with van der Waals surface area (Å²) < 4.78 is 43.7. The summed E-state index contributed by atoms with van der Waals surface area (Å²) >= 11 is 0. The number of nitrogens with one attached hydrogen (secondary N) is 1. The maximum atomic E-state index is 12.8. The summed E-state index contributed by atoms with van der Waals surface area (Å²) in [6, 6.07) is 3.68. The summed E-state index contributed by atoms with van der Waals surface area (Å²) in [7, 11) is 0. The number of halogens is 4. The van der Waals surface area contributed by atoms with Gasteiger partial charge in [-0.15, -0.1) is 12.4 Å². The molecule has 0 saturated carbocycles. The molecule has 8 heteroatoms. The van der Waals surface area contributed by atoms with Crippen LogP contribution >= 0.6 is 12.4 Å². The quantitative estimate of drug-likeness (QED) is 0.871. The smallest absolute Gasteiger partial charge is 0.381 e. The van der Waals surface area contributed by atoms with Gasteiger partial charge in [0.25, 0.3) is 0 Å². The Morgan fingerprint density at radius 2 is 1.91 bits per heavy atom. The second-order valence-electron chi connectivity index (χ2n) is 5.20. The van der Waals surface area contributed by atoms with Crippen molar-refractivity contribution in [2.45, 2.75) is 31.5 Å². The molecule has 0 atom stereocenters. The number of hydrogen-bond donors (Lipinski definition) is 2. The van der Waals surface area contributed by atoms with Crippen molar-refractivity contribution >= 4 is 24.0 Å². The molecule has 1 aliphatic heterocycles. The molecule has 0 aliphatic carbocycles. The number of carbonyl (C=O) groups is 1. The van der Waals surface area contributed by atoms with Crippen LogP contribution in [0.4, 0.5) is 18.9 Å². The van der Waals surface area contributed by atoms with Crippen LogP contribution in [0.1, 0.15) is 24.0 Å². The molecule has 1 aliphatic rings. The van der Waals surface area contributed by atoms with E-state index in [1.807, 2.05) is 0 Å². The van der Waals surface area contributed by atoms with Crippen LogP contribution < -0.4 is 11.1 Å². The molecule has 4 nitrogen and oxygen atoms in total. The standard InChI is InChI=1S/C14H17F3N2O2.ClH/c1-9-10(14(15,16)17)3-2-4-11(9)19-12(20)13(18)5-7-21-8-6-13;/h2-4H,5-8,18H2,1H3,(H,19,20);1H. The first-order valence-electron chi connectivity index (χ1n) is 6.59. The fourth-order valence-corrected chi connectivity index (χ4v) is 2.29. The minimum atomic E-state index is -4.45. The van der Waals surface area contributed by atoms with Gasteiger partial charge >= 0.3 is 6.18 Å². The molecule has 1 fully saturated rings. The van der Waals surface area contributed by atoms with Crippen LogP contribution in [0.5, 0.6) is 0 Å². The van der Waals surface area contributed by atoms with Gasteiger partial charge in [-0.25, -0.2) is 0 Å². The first-order valence-corrected chi connectivity index (χ1v) is 6.59. The normalized spacial score (nSPS) is 17.5. The fraction of sp³-hybridized carbons (Fsp3) is 0.500. The van der Waals surface area contributed by atoms with Gasteiger partial charge in [-0.05, 0) is 37.5 Å². The van der Waals surface area contributed by atoms with E-state index < -0.39 is 23.2 Å². The molecular formula is C14H18ClF3N2O2. The Morgan fingerprint density at radius 1 is 1.32 bits per heavy atom. The van der Waals surface area contributed by atoms with Gasteiger partial charge in [-0.2, -0.15) is 13.2 Å². The van der Waals surface area contributed by atoms with E-state index in [9.17, 15) is 18.0 Å². The maximum absolute atomic E-state index is 12.8. The van der Waals surface area contributed by atoms with E-state index in [-0.39, 0.29) is 23.7 Å². The number of hydrogen-bond acceptors (Lipinski definition) is 3. The molecule has 124 valence electrons. The number of ether oxygens (including phenoxy) is 1.